The predicted octanol–water partition coefficient (Wildman–Crippen LogP) is 2.71. The molecule has 0 aliphatic rings. The average molecular weight is 334 g/mol. The van der Waals surface area contributed by atoms with Crippen LogP contribution in [0, 0.1) is 4.77 Å². The van der Waals surface area contributed by atoms with Crippen LogP contribution in [0.4, 0.5) is 0 Å². The molecule has 6 nitrogen and oxygen atoms in total. The maximum absolute atomic E-state index is 5.40. The van der Waals surface area contributed by atoms with Crippen LogP contribution in [0.5, 0.6) is 11.5 Å². The van der Waals surface area contributed by atoms with Crippen molar-refractivity contribution in [1.82, 2.24) is 19.2 Å². The Kier molecular flexibility index (Phi) is 5.95. The Morgan fingerprint density at radius 1 is 1.30 bits per heavy atom. The molecule has 0 amide bonds. The van der Waals surface area contributed by atoms with E-state index in [9.17, 15) is 0 Å². The van der Waals surface area contributed by atoms with Crippen molar-refractivity contribution in [3.05, 3.63) is 47.5 Å². The lowest BCUT2D eigenvalue weighted by atomic mass is 10.2. The van der Waals surface area contributed by atoms with Crippen LogP contribution in [-0.2, 0) is 19.8 Å². The first kappa shape index (κ1) is 17.2. The van der Waals surface area contributed by atoms with E-state index in [0.717, 1.165) is 23.6 Å². The number of aromatic nitrogens is 3. The summed E-state index contributed by atoms with van der Waals surface area (Å²) < 4.78 is 14.9. The van der Waals surface area contributed by atoms with E-state index in [1.807, 2.05) is 29.8 Å². The standard InChI is InChI=1S/C16H22N4O2S/c1-5-8-19-11-17-20(16(19)23)12-18(2)10-13-6-7-14(21-3)15(9-13)22-4/h5-7,9,11H,1,8,10,12H2,2-4H3. The number of hydrogen-bond donors (Lipinski definition) is 0. The number of benzene rings is 1. The molecule has 1 heterocycles. The summed E-state index contributed by atoms with van der Waals surface area (Å²) in [6, 6.07) is 5.91. The van der Waals surface area contributed by atoms with Crippen LogP contribution in [0.25, 0.3) is 0 Å². The molecule has 1 aromatic heterocycles. The number of allylic oxidation sites excluding steroid dienone is 1. The van der Waals surface area contributed by atoms with Gasteiger partial charge in [-0.2, -0.15) is 5.10 Å². The van der Waals surface area contributed by atoms with Gasteiger partial charge in [-0.25, -0.2) is 4.68 Å². The summed E-state index contributed by atoms with van der Waals surface area (Å²) in [5.74, 6) is 1.45. The van der Waals surface area contributed by atoms with Crippen LogP contribution in [0.1, 0.15) is 5.56 Å². The molecule has 0 N–H and O–H groups in total. The molecule has 0 fully saturated rings. The zero-order chi connectivity index (χ0) is 16.8. The van der Waals surface area contributed by atoms with E-state index in [4.69, 9.17) is 21.7 Å². The molecule has 124 valence electrons. The zero-order valence-electron chi connectivity index (χ0n) is 13.7. The molecule has 0 aliphatic carbocycles. The zero-order valence-corrected chi connectivity index (χ0v) is 14.5. The monoisotopic (exact) mass is 334 g/mol. The number of ether oxygens (including phenoxy) is 2. The fourth-order valence-corrected chi connectivity index (χ4v) is 2.53. The average Bonchev–Trinajstić information content (AvgIpc) is 2.88. The van der Waals surface area contributed by atoms with Crippen molar-refractivity contribution >= 4 is 12.2 Å². The molecular weight excluding hydrogens is 312 g/mol. The summed E-state index contributed by atoms with van der Waals surface area (Å²) in [4.78, 5) is 2.13. The van der Waals surface area contributed by atoms with Gasteiger partial charge in [0.25, 0.3) is 0 Å². The van der Waals surface area contributed by atoms with Crippen LogP contribution < -0.4 is 9.47 Å². The van der Waals surface area contributed by atoms with Crippen molar-refractivity contribution in [2.24, 2.45) is 0 Å². The van der Waals surface area contributed by atoms with Gasteiger partial charge in [0, 0.05) is 13.1 Å². The molecule has 0 saturated carbocycles. The molecule has 0 aliphatic heterocycles. The van der Waals surface area contributed by atoms with Gasteiger partial charge in [-0.15, -0.1) is 6.58 Å². The van der Waals surface area contributed by atoms with Crippen LogP contribution >= 0.6 is 12.2 Å². The highest BCUT2D eigenvalue weighted by molar-refractivity contribution is 7.71. The van der Waals surface area contributed by atoms with E-state index in [1.165, 1.54) is 0 Å². The quantitative estimate of drug-likeness (QED) is 0.549. The van der Waals surface area contributed by atoms with Gasteiger partial charge in [0.15, 0.2) is 16.3 Å². The van der Waals surface area contributed by atoms with E-state index < -0.39 is 0 Å². The SMILES string of the molecule is C=CCn1cnn(CN(C)Cc2ccc(OC)c(OC)c2)c1=S. The van der Waals surface area contributed by atoms with Crippen LogP contribution in [0.15, 0.2) is 37.2 Å². The summed E-state index contributed by atoms with van der Waals surface area (Å²) in [5, 5.41) is 4.32. The van der Waals surface area contributed by atoms with E-state index in [1.54, 1.807) is 31.3 Å². The predicted molar refractivity (Wildman–Crippen MR) is 92.3 cm³/mol. The van der Waals surface area contributed by atoms with Crippen LogP contribution in [0.2, 0.25) is 0 Å². The third-order valence-electron chi connectivity index (χ3n) is 3.40. The Balaban J connectivity index is 2.06. The number of rotatable bonds is 8. The van der Waals surface area contributed by atoms with Gasteiger partial charge in [-0.3, -0.25) is 4.90 Å². The Morgan fingerprint density at radius 3 is 2.70 bits per heavy atom. The minimum Gasteiger partial charge on any atom is -0.493 e. The van der Waals surface area contributed by atoms with E-state index in [0.29, 0.717) is 18.0 Å². The second-order valence-corrected chi connectivity index (χ2v) is 5.56. The van der Waals surface area contributed by atoms with Crippen molar-refractivity contribution < 1.29 is 9.47 Å². The molecule has 2 aromatic rings. The maximum atomic E-state index is 5.40. The van der Waals surface area contributed by atoms with Gasteiger partial charge in [-0.05, 0) is 37.0 Å². The maximum Gasteiger partial charge on any atom is 0.199 e. The molecule has 0 bridgehead atoms. The van der Waals surface area contributed by atoms with Gasteiger partial charge < -0.3 is 14.0 Å². The van der Waals surface area contributed by atoms with Crippen molar-refractivity contribution in [3.63, 3.8) is 0 Å². The lowest BCUT2D eigenvalue weighted by Gasteiger charge is -2.17. The lowest BCUT2D eigenvalue weighted by molar-refractivity contribution is 0.243. The van der Waals surface area contributed by atoms with Gasteiger partial charge in [-0.1, -0.05) is 12.1 Å². The van der Waals surface area contributed by atoms with Crippen molar-refractivity contribution in [1.29, 1.82) is 0 Å². The summed E-state index contributed by atoms with van der Waals surface area (Å²) in [7, 11) is 5.28. The highest BCUT2D eigenvalue weighted by Crippen LogP contribution is 2.27. The lowest BCUT2D eigenvalue weighted by Crippen LogP contribution is -2.22. The fourth-order valence-electron chi connectivity index (χ4n) is 2.30. The topological polar surface area (TPSA) is 44.5 Å². The Bertz CT molecular complexity index is 723. The molecule has 7 heteroatoms. The molecule has 0 radical (unpaired) electrons. The molecule has 0 saturated heterocycles. The van der Waals surface area contributed by atoms with E-state index >= 15 is 0 Å². The minimum absolute atomic E-state index is 0.608. The third-order valence-corrected chi connectivity index (χ3v) is 3.84. The second kappa shape index (κ2) is 7.94. The first-order chi connectivity index (χ1) is 11.1. The largest absolute Gasteiger partial charge is 0.493 e. The van der Waals surface area contributed by atoms with Crippen LogP contribution in [-0.4, -0.2) is 40.5 Å². The van der Waals surface area contributed by atoms with E-state index in [2.05, 4.69) is 16.6 Å². The number of nitrogens with zero attached hydrogens (tertiary/aromatic N) is 4. The van der Waals surface area contributed by atoms with Gasteiger partial charge >= 0.3 is 0 Å². The number of methoxy groups -OCH3 is 2. The molecule has 0 atom stereocenters. The van der Waals surface area contributed by atoms with Crippen molar-refractivity contribution in [3.8, 4) is 11.5 Å². The van der Waals surface area contributed by atoms with E-state index in [-0.39, 0.29) is 0 Å². The highest BCUT2D eigenvalue weighted by atomic mass is 32.1. The summed E-state index contributed by atoms with van der Waals surface area (Å²) >= 11 is 5.40. The van der Waals surface area contributed by atoms with Crippen molar-refractivity contribution in [2.75, 3.05) is 21.3 Å². The first-order valence-corrected chi connectivity index (χ1v) is 7.62. The molecule has 0 spiro atoms. The van der Waals surface area contributed by atoms with Gasteiger partial charge in [0.05, 0.1) is 20.9 Å². The summed E-state index contributed by atoms with van der Waals surface area (Å²) in [5.41, 5.74) is 1.13. The molecule has 1 aromatic carbocycles. The molecular formula is C16H22N4O2S. The molecule has 0 unspecified atom stereocenters. The Labute approximate surface area is 141 Å². The molecule has 2 rings (SSSR count). The molecule has 23 heavy (non-hydrogen) atoms. The third kappa shape index (κ3) is 4.20. The second-order valence-electron chi connectivity index (χ2n) is 5.20. The Hall–Kier alpha value is -2.12. The van der Waals surface area contributed by atoms with Crippen LogP contribution in [0.3, 0.4) is 0 Å². The summed E-state index contributed by atoms with van der Waals surface area (Å²) in [6.45, 7) is 5.74. The summed E-state index contributed by atoms with van der Waals surface area (Å²) in [6.07, 6.45) is 3.53. The van der Waals surface area contributed by atoms with Gasteiger partial charge in [0.2, 0.25) is 0 Å². The normalized spacial score (nSPS) is 10.8. The number of hydrogen-bond acceptors (Lipinski definition) is 5. The first-order valence-electron chi connectivity index (χ1n) is 7.21. The van der Waals surface area contributed by atoms with Gasteiger partial charge in [0.1, 0.15) is 6.33 Å². The Morgan fingerprint density at radius 2 is 2.04 bits per heavy atom. The fraction of sp³-hybridized carbons (Fsp3) is 0.375. The van der Waals surface area contributed by atoms with Crippen molar-refractivity contribution in [2.45, 2.75) is 19.8 Å². The highest BCUT2D eigenvalue weighted by Gasteiger charge is 2.08. The minimum atomic E-state index is 0.608. The smallest absolute Gasteiger partial charge is 0.199 e.